The van der Waals surface area contributed by atoms with Gasteiger partial charge >= 0.3 is 0 Å². The van der Waals surface area contributed by atoms with Gasteiger partial charge in [-0.3, -0.25) is 4.79 Å². The van der Waals surface area contributed by atoms with Crippen LogP contribution in [-0.2, 0) is 24.4 Å². The summed E-state index contributed by atoms with van der Waals surface area (Å²) in [6, 6.07) is 16.0. The maximum Gasteiger partial charge on any atom is 0.222 e. The van der Waals surface area contributed by atoms with E-state index in [1.807, 2.05) is 48.2 Å². The van der Waals surface area contributed by atoms with E-state index in [9.17, 15) is 4.79 Å². The average Bonchev–Trinajstić information content (AvgIpc) is 3.11. The number of nitrogens with one attached hydrogen (secondary N) is 2. The first-order valence-corrected chi connectivity index (χ1v) is 10.1. The Morgan fingerprint density at radius 1 is 1.11 bits per heavy atom. The van der Waals surface area contributed by atoms with Gasteiger partial charge in [0, 0.05) is 37.6 Å². The standard InChI is InChI=1S/C22H27ClN4O/c1-2-24-22(25-14-17-9-11-20(23)12-10-17)26-15-18-6-3-4-7-19(18)16-27-13-5-8-21(27)28/h3-4,6-7,9-12H,2,5,8,13-16H2,1H3,(H2,24,25,26). The molecule has 0 bridgehead atoms. The number of aliphatic imine (C=N–C) groups is 1. The Labute approximate surface area is 171 Å². The highest BCUT2D eigenvalue weighted by molar-refractivity contribution is 6.30. The minimum absolute atomic E-state index is 0.251. The van der Waals surface area contributed by atoms with Crippen LogP contribution < -0.4 is 10.6 Å². The van der Waals surface area contributed by atoms with Crippen LogP contribution in [0.5, 0.6) is 0 Å². The normalized spacial score (nSPS) is 14.4. The highest BCUT2D eigenvalue weighted by atomic mass is 35.5. The fraction of sp³-hybridized carbons (Fsp3) is 0.364. The smallest absolute Gasteiger partial charge is 0.222 e. The second-order valence-electron chi connectivity index (χ2n) is 6.86. The molecular weight excluding hydrogens is 372 g/mol. The lowest BCUT2D eigenvalue weighted by atomic mass is 10.1. The van der Waals surface area contributed by atoms with E-state index < -0.39 is 0 Å². The second kappa shape index (κ2) is 10.1. The van der Waals surface area contributed by atoms with Crippen LogP contribution in [0.3, 0.4) is 0 Å². The minimum atomic E-state index is 0.251. The molecule has 1 heterocycles. The van der Waals surface area contributed by atoms with Gasteiger partial charge < -0.3 is 15.5 Å². The summed E-state index contributed by atoms with van der Waals surface area (Å²) in [5.74, 6) is 1.02. The molecule has 1 fully saturated rings. The topological polar surface area (TPSA) is 56.7 Å². The van der Waals surface area contributed by atoms with Gasteiger partial charge in [0.05, 0.1) is 6.54 Å². The van der Waals surface area contributed by atoms with Gasteiger partial charge in [0.1, 0.15) is 0 Å². The van der Waals surface area contributed by atoms with Crippen molar-refractivity contribution in [2.45, 2.75) is 39.4 Å². The van der Waals surface area contributed by atoms with Crippen molar-refractivity contribution in [3.8, 4) is 0 Å². The van der Waals surface area contributed by atoms with Crippen molar-refractivity contribution in [3.63, 3.8) is 0 Å². The van der Waals surface area contributed by atoms with E-state index in [2.05, 4.69) is 27.8 Å². The van der Waals surface area contributed by atoms with Gasteiger partial charge in [-0.1, -0.05) is 48.0 Å². The minimum Gasteiger partial charge on any atom is -0.357 e. The van der Waals surface area contributed by atoms with Gasteiger partial charge in [-0.2, -0.15) is 0 Å². The van der Waals surface area contributed by atoms with Crippen molar-refractivity contribution in [2.24, 2.45) is 4.99 Å². The third-order valence-corrected chi connectivity index (χ3v) is 5.03. The number of carbonyl (C=O) groups excluding carboxylic acids is 1. The van der Waals surface area contributed by atoms with E-state index in [0.717, 1.165) is 36.1 Å². The maximum absolute atomic E-state index is 12.0. The van der Waals surface area contributed by atoms with Crippen LogP contribution in [0.2, 0.25) is 5.02 Å². The number of carbonyl (C=O) groups is 1. The first kappa shape index (κ1) is 20.2. The molecule has 0 aromatic heterocycles. The molecule has 0 atom stereocenters. The number of guanidine groups is 1. The van der Waals surface area contributed by atoms with Gasteiger partial charge in [0.2, 0.25) is 5.91 Å². The van der Waals surface area contributed by atoms with E-state index in [1.54, 1.807) is 0 Å². The summed E-state index contributed by atoms with van der Waals surface area (Å²) in [5.41, 5.74) is 3.47. The Bertz CT molecular complexity index is 820. The lowest BCUT2D eigenvalue weighted by molar-refractivity contribution is -0.128. The summed E-state index contributed by atoms with van der Waals surface area (Å²) in [6.45, 7) is 5.60. The van der Waals surface area contributed by atoms with Crippen molar-refractivity contribution in [2.75, 3.05) is 13.1 Å². The van der Waals surface area contributed by atoms with Gasteiger partial charge in [-0.15, -0.1) is 0 Å². The number of halogens is 1. The van der Waals surface area contributed by atoms with Gasteiger partial charge in [0.25, 0.3) is 0 Å². The molecular formula is C22H27ClN4O. The van der Waals surface area contributed by atoms with Crippen LogP contribution >= 0.6 is 11.6 Å². The lowest BCUT2D eigenvalue weighted by Crippen LogP contribution is -2.37. The molecule has 0 spiro atoms. The summed E-state index contributed by atoms with van der Waals surface area (Å²) in [5, 5.41) is 7.41. The summed E-state index contributed by atoms with van der Waals surface area (Å²) in [4.78, 5) is 18.6. The summed E-state index contributed by atoms with van der Waals surface area (Å²) in [7, 11) is 0. The fourth-order valence-corrected chi connectivity index (χ4v) is 3.37. The summed E-state index contributed by atoms with van der Waals surface area (Å²) >= 11 is 5.94. The van der Waals surface area contributed by atoms with Crippen molar-refractivity contribution < 1.29 is 4.79 Å². The van der Waals surface area contributed by atoms with Crippen LogP contribution in [0.4, 0.5) is 0 Å². The van der Waals surface area contributed by atoms with Gasteiger partial charge in [0.15, 0.2) is 5.96 Å². The van der Waals surface area contributed by atoms with Gasteiger partial charge in [-0.25, -0.2) is 4.99 Å². The first-order valence-electron chi connectivity index (χ1n) is 9.77. The molecule has 2 N–H and O–H groups in total. The molecule has 6 heteroatoms. The molecule has 3 rings (SSSR count). The fourth-order valence-electron chi connectivity index (χ4n) is 3.24. The third-order valence-electron chi connectivity index (χ3n) is 4.77. The Hall–Kier alpha value is -2.53. The summed E-state index contributed by atoms with van der Waals surface area (Å²) in [6.07, 6.45) is 1.63. The molecule has 1 aliphatic heterocycles. The Morgan fingerprint density at radius 2 is 1.86 bits per heavy atom. The molecule has 2 aromatic rings. The molecule has 1 aliphatic rings. The SMILES string of the molecule is CCNC(=NCc1ccc(Cl)cc1)NCc1ccccc1CN1CCCC1=O. The van der Waals surface area contributed by atoms with E-state index in [0.29, 0.717) is 26.1 Å². The van der Waals surface area contributed by atoms with Crippen molar-refractivity contribution >= 4 is 23.5 Å². The maximum atomic E-state index is 12.0. The van der Waals surface area contributed by atoms with Crippen molar-refractivity contribution in [3.05, 3.63) is 70.2 Å². The summed E-state index contributed by atoms with van der Waals surface area (Å²) < 4.78 is 0. The zero-order valence-electron chi connectivity index (χ0n) is 16.2. The van der Waals surface area contributed by atoms with Crippen LogP contribution in [0.25, 0.3) is 0 Å². The largest absolute Gasteiger partial charge is 0.357 e. The second-order valence-corrected chi connectivity index (χ2v) is 7.30. The zero-order valence-corrected chi connectivity index (χ0v) is 17.0. The van der Waals surface area contributed by atoms with E-state index >= 15 is 0 Å². The van der Waals surface area contributed by atoms with Crippen molar-refractivity contribution in [1.29, 1.82) is 0 Å². The number of nitrogens with zero attached hydrogens (tertiary/aromatic N) is 2. The number of benzene rings is 2. The zero-order chi connectivity index (χ0) is 19.8. The van der Waals surface area contributed by atoms with Crippen LogP contribution in [-0.4, -0.2) is 29.9 Å². The molecule has 0 aliphatic carbocycles. The highest BCUT2D eigenvalue weighted by Crippen LogP contribution is 2.17. The van der Waals surface area contributed by atoms with Crippen LogP contribution in [0.1, 0.15) is 36.5 Å². The van der Waals surface area contributed by atoms with E-state index in [1.165, 1.54) is 11.1 Å². The Morgan fingerprint density at radius 3 is 2.54 bits per heavy atom. The Balaban J connectivity index is 1.63. The highest BCUT2D eigenvalue weighted by Gasteiger charge is 2.20. The van der Waals surface area contributed by atoms with Crippen LogP contribution in [0.15, 0.2) is 53.5 Å². The molecule has 0 saturated carbocycles. The van der Waals surface area contributed by atoms with Gasteiger partial charge in [-0.05, 0) is 42.2 Å². The molecule has 28 heavy (non-hydrogen) atoms. The number of rotatable bonds is 7. The molecule has 0 unspecified atom stereocenters. The first-order chi connectivity index (χ1) is 13.7. The quantitative estimate of drug-likeness (QED) is 0.552. The number of amides is 1. The predicted molar refractivity (Wildman–Crippen MR) is 114 cm³/mol. The van der Waals surface area contributed by atoms with E-state index in [-0.39, 0.29) is 5.91 Å². The molecule has 5 nitrogen and oxygen atoms in total. The number of likely N-dealkylation sites (tertiary alicyclic amines) is 1. The van der Waals surface area contributed by atoms with E-state index in [4.69, 9.17) is 11.6 Å². The Kier molecular flexibility index (Phi) is 7.31. The van der Waals surface area contributed by atoms with Crippen LogP contribution in [0, 0.1) is 0 Å². The number of hydrogen-bond acceptors (Lipinski definition) is 2. The van der Waals surface area contributed by atoms with Crippen molar-refractivity contribution in [1.82, 2.24) is 15.5 Å². The molecule has 0 radical (unpaired) electrons. The molecule has 1 saturated heterocycles. The predicted octanol–water partition coefficient (Wildman–Crippen LogP) is 3.72. The third kappa shape index (κ3) is 5.73. The number of hydrogen-bond donors (Lipinski definition) is 2. The molecule has 2 aromatic carbocycles. The molecule has 1 amide bonds. The lowest BCUT2D eigenvalue weighted by Gasteiger charge is -2.19. The molecule has 148 valence electrons. The average molecular weight is 399 g/mol. The monoisotopic (exact) mass is 398 g/mol.